The second-order valence-corrected chi connectivity index (χ2v) is 5.72. The lowest BCUT2D eigenvalue weighted by molar-refractivity contribution is -0.153. The van der Waals surface area contributed by atoms with Gasteiger partial charge in [0, 0.05) is 6.54 Å². The van der Waals surface area contributed by atoms with Crippen LogP contribution in [0.3, 0.4) is 0 Å². The summed E-state index contributed by atoms with van der Waals surface area (Å²) in [7, 11) is 1.45. The van der Waals surface area contributed by atoms with Crippen LogP contribution in [0.4, 0.5) is 0 Å². The summed E-state index contributed by atoms with van der Waals surface area (Å²) in [5.41, 5.74) is 9.10. The van der Waals surface area contributed by atoms with Gasteiger partial charge in [-0.3, -0.25) is 4.79 Å². The van der Waals surface area contributed by atoms with Crippen LogP contribution in [-0.4, -0.2) is 19.6 Å². The summed E-state index contributed by atoms with van der Waals surface area (Å²) in [6.07, 6.45) is 2.84. The van der Waals surface area contributed by atoms with Crippen LogP contribution in [0.2, 0.25) is 0 Å². The average molecular weight is 261 g/mol. The van der Waals surface area contributed by atoms with E-state index >= 15 is 0 Å². The van der Waals surface area contributed by atoms with Crippen LogP contribution in [0, 0.1) is 25.2 Å². The second-order valence-electron chi connectivity index (χ2n) is 5.72. The fourth-order valence-corrected chi connectivity index (χ4v) is 2.82. The highest BCUT2D eigenvalue weighted by molar-refractivity contribution is 5.78. The van der Waals surface area contributed by atoms with Gasteiger partial charge in [-0.25, -0.2) is 0 Å². The monoisotopic (exact) mass is 261 g/mol. The van der Waals surface area contributed by atoms with E-state index in [-0.39, 0.29) is 5.97 Å². The zero-order valence-corrected chi connectivity index (χ0v) is 12.0. The van der Waals surface area contributed by atoms with Crippen LogP contribution in [0.15, 0.2) is 18.2 Å². The Hall–Kier alpha value is -1.35. The molecule has 104 valence electrons. The molecule has 2 rings (SSSR count). The van der Waals surface area contributed by atoms with Gasteiger partial charge in [0.2, 0.25) is 0 Å². The SMILES string of the molecule is COC(=O)C(CN)(Cc1ccc(C)c(C)c1)C1CC1. The van der Waals surface area contributed by atoms with E-state index in [1.54, 1.807) is 0 Å². The lowest BCUT2D eigenvalue weighted by Crippen LogP contribution is -2.43. The highest BCUT2D eigenvalue weighted by Gasteiger charge is 2.50. The van der Waals surface area contributed by atoms with Crippen molar-refractivity contribution in [2.45, 2.75) is 33.1 Å². The van der Waals surface area contributed by atoms with E-state index in [0.29, 0.717) is 18.9 Å². The largest absolute Gasteiger partial charge is 0.469 e. The van der Waals surface area contributed by atoms with Gasteiger partial charge < -0.3 is 10.5 Å². The summed E-state index contributed by atoms with van der Waals surface area (Å²) >= 11 is 0. The Morgan fingerprint density at radius 3 is 2.53 bits per heavy atom. The maximum Gasteiger partial charge on any atom is 0.313 e. The first-order chi connectivity index (χ1) is 9.03. The quantitative estimate of drug-likeness (QED) is 0.828. The molecule has 1 fully saturated rings. The zero-order chi connectivity index (χ0) is 14.0. The van der Waals surface area contributed by atoms with Crippen molar-refractivity contribution in [3.63, 3.8) is 0 Å². The minimum Gasteiger partial charge on any atom is -0.469 e. The molecule has 1 aromatic rings. The van der Waals surface area contributed by atoms with Gasteiger partial charge in [0.1, 0.15) is 0 Å². The lowest BCUT2D eigenvalue weighted by Gasteiger charge is -2.30. The van der Waals surface area contributed by atoms with E-state index < -0.39 is 5.41 Å². The van der Waals surface area contributed by atoms with Crippen molar-refractivity contribution in [1.82, 2.24) is 0 Å². The number of rotatable bonds is 5. The van der Waals surface area contributed by atoms with Crippen LogP contribution in [-0.2, 0) is 16.0 Å². The maximum absolute atomic E-state index is 12.2. The number of methoxy groups -OCH3 is 1. The first-order valence-corrected chi connectivity index (χ1v) is 6.88. The molecule has 1 atom stereocenters. The molecule has 1 unspecified atom stereocenters. The van der Waals surface area contributed by atoms with Crippen molar-refractivity contribution in [3.8, 4) is 0 Å². The predicted octanol–water partition coefficient (Wildman–Crippen LogP) is 2.37. The molecule has 0 heterocycles. The van der Waals surface area contributed by atoms with Crippen molar-refractivity contribution in [2.24, 2.45) is 17.1 Å². The van der Waals surface area contributed by atoms with Gasteiger partial charge in [-0.1, -0.05) is 18.2 Å². The number of nitrogens with two attached hydrogens (primary N) is 1. The Balaban J connectivity index is 2.29. The molecule has 0 amide bonds. The molecule has 2 N–H and O–H groups in total. The molecule has 1 saturated carbocycles. The third-order valence-corrected chi connectivity index (χ3v) is 4.41. The van der Waals surface area contributed by atoms with Crippen molar-refractivity contribution in [1.29, 1.82) is 0 Å². The number of ether oxygens (including phenoxy) is 1. The predicted molar refractivity (Wildman–Crippen MR) is 75.8 cm³/mol. The van der Waals surface area contributed by atoms with Gasteiger partial charge in [-0.05, 0) is 55.7 Å². The number of hydrogen-bond donors (Lipinski definition) is 1. The minimum atomic E-state index is -0.531. The topological polar surface area (TPSA) is 52.3 Å². The fraction of sp³-hybridized carbons (Fsp3) is 0.562. The van der Waals surface area contributed by atoms with Gasteiger partial charge >= 0.3 is 5.97 Å². The number of aryl methyl sites for hydroxylation is 2. The molecule has 0 radical (unpaired) electrons. The number of hydrogen-bond acceptors (Lipinski definition) is 3. The van der Waals surface area contributed by atoms with E-state index in [1.807, 2.05) is 0 Å². The summed E-state index contributed by atoms with van der Waals surface area (Å²) in [4.78, 5) is 12.2. The van der Waals surface area contributed by atoms with Gasteiger partial charge in [0.15, 0.2) is 0 Å². The Morgan fingerprint density at radius 2 is 2.05 bits per heavy atom. The van der Waals surface area contributed by atoms with Gasteiger partial charge in [-0.2, -0.15) is 0 Å². The first kappa shape index (κ1) is 14.1. The van der Waals surface area contributed by atoms with Crippen LogP contribution in [0.1, 0.15) is 29.5 Å². The summed E-state index contributed by atoms with van der Waals surface area (Å²) in [5, 5.41) is 0. The molecule has 0 aliphatic heterocycles. The average Bonchev–Trinajstić information content (AvgIpc) is 3.24. The summed E-state index contributed by atoms with van der Waals surface area (Å²) < 4.78 is 5.02. The Kier molecular flexibility index (Phi) is 3.95. The Morgan fingerprint density at radius 1 is 1.37 bits per heavy atom. The highest BCUT2D eigenvalue weighted by Crippen LogP contribution is 2.47. The normalized spacial score (nSPS) is 17.9. The minimum absolute atomic E-state index is 0.157. The lowest BCUT2D eigenvalue weighted by atomic mass is 9.76. The van der Waals surface area contributed by atoms with Crippen molar-refractivity contribution in [3.05, 3.63) is 34.9 Å². The number of carbonyl (C=O) groups is 1. The molecule has 1 aliphatic rings. The first-order valence-electron chi connectivity index (χ1n) is 6.88. The van der Waals surface area contributed by atoms with E-state index in [2.05, 4.69) is 32.0 Å². The molecule has 1 aliphatic carbocycles. The Labute approximate surface area is 115 Å². The third-order valence-electron chi connectivity index (χ3n) is 4.41. The maximum atomic E-state index is 12.2. The number of carbonyl (C=O) groups excluding carboxylic acids is 1. The van der Waals surface area contributed by atoms with Crippen LogP contribution < -0.4 is 5.73 Å². The van der Waals surface area contributed by atoms with E-state index in [1.165, 1.54) is 23.8 Å². The zero-order valence-electron chi connectivity index (χ0n) is 12.0. The van der Waals surface area contributed by atoms with Gasteiger partial charge in [0.25, 0.3) is 0 Å². The number of esters is 1. The second kappa shape index (κ2) is 5.33. The molecule has 1 aromatic carbocycles. The summed E-state index contributed by atoms with van der Waals surface area (Å²) in [5.74, 6) is 0.224. The molecule has 0 spiro atoms. The molecule has 0 aromatic heterocycles. The molecule has 3 nitrogen and oxygen atoms in total. The molecular formula is C16H23NO2. The fourth-order valence-electron chi connectivity index (χ4n) is 2.82. The van der Waals surface area contributed by atoms with Gasteiger partial charge in [-0.15, -0.1) is 0 Å². The molecule has 0 bridgehead atoms. The standard InChI is InChI=1S/C16H23NO2/c1-11-4-5-13(8-12(11)2)9-16(10-17,14-6-7-14)15(18)19-3/h4-5,8,14H,6-7,9-10,17H2,1-3H3. The van der Waals surface area contributed by atoms with Crippen molar-refractivity contribution < 1.29 is 9.53 Å². The molecule has 19 heavy (non-hydrogen) atoms. The molecule has 3 heteroatoms. The van der Waals surface area contributed by atoms with Crippen molar-refractivity contribution in [2.75, 3.05) is 13.7 Å². The summed E-state index contributed by atoms with van der Waals surface area (Å²) in [6.45, 7) is 4.55. The molecular weight excluding hydrogens is 238 g/mol. The third kappa shape index (κ3) is 2.66. The van der Waals surface area contributed by atoms with Crippen LogP contribution in [0.5, 0.6) is 0 Å². The van der Waals surface area contributed by atoms with E-state index in [9.17, 15) is 4.79 Å². The van der Waals surface area contributed by atoms with Crippen LogP contribution >= 0.6 is 0 Å². The van der Waals surface area contributed by atoms with Gasteiger partial charge in [0.05, 0.1) is 12.5 Å². The van der Waals surface area contributed by atoms with Crippen LogP contribution in [0.25, 0.3) is 0 Å². The summed E-state index contributed by atoms with van der Waals surface area (Å²) in [6, 6.07) is 6.36. The Bertz CT molecular complexity index is 480. The van der Waals surface area contributed by atoms with E-state index in [0.717, 1.165) is 12.8 Å². The van der Waals surface area contributed by atoms with E-state index in [4.69, 9.17) is 10.5 Å². The molecule has 0 saturated heterocycles. The smallest absolute Gasteiger partial charge is 0.313 e. The highest BCUT2D eigenvalue weighted by atomic mass is 16.5. The number of benzene rings is 1. The van der Waals surface area contributed by atoms with Crippen molar-refractivity contribution >= 4 is 5.97 Å².